The van der Waals surface area contributed by atoms with Crippen LogP contribution in [-0.2, 0) is 11.3 Å². The van der Waals surface area contributed by atoms with Gasteiger partial charge in [0.05, 0.1) is 54.3 Å². The first-order valence-corrected chi connectivity index (χ1v) is 15.9. The molecule has 3 aromatic heterocycles. The second-order valence-corrected chi connectivity index (χ2v) is 14.1. The lowest BCUT2D eigenvalue weighted by molar-refractivity contribution is -0.174. The maximum absolute atomic E-state index is 14.1. The maximum Gasteiger partial charge on any atom is 0.389 e. The van der Waals surface area contributed by atoms with Crippen LogP contribution in [0.5, 0.6) is 0 Å². The summed E-state index contributed by atoms with van der Waals surface area (Å²) in [6.07, 6.45) is 2.10. The van der Waals surface area contributed by atoms with E-state index >= 15 is 0 Å². The fraction of sp³-hybridized carbons (Fsp3) is 0.645. The molecule has 5 aliphatic rings. The van der Waals surface area contributed by atoms with E-state index in [0.717, 1.165) is 32.1 Å². The fourth-order valence-corrected chi connectivity index (χ4v) is 7.79. The van der Waals surface area contributed by atoms with Gasteiger partial charge in [0, 0.05) is 25.8 Å². The molecular formula is C31H34F5N9O2. The number of hydrogen-bond donors (Lipinski definition) is 2. The molecule has 0 aliphatic heterocycles. The lowest BCUT2D eigenvalue weighted by Gasteiger charge is -2.67. The molecule has 11 nitrogen and oxygen atoms in total. The van der Waals surface area contributed by atoms with Crippen LogP contribution in [-0.4, -0.2) is 53.5 Å². The molecule has 0 radical (unpaired) electrons. The zero-order chi connectivity index (χ0) is 33.2. The van der Waals surface area contributed by atoms with E-state index in [4.69, 9.17) is 4.98 Å². The average Bonchev–Trinajstić information content (AvgIpc) is 3.55. The largest absolute Gasteiger partial charge is 0.389 e. The molecule has 0 aromatic carbocycles. The first-order valence-electron chi connectivity index (χ1n) is 15.9. The summed E-state index contributed by atoms with van der Waals surface area (Å²) >= 11 is 0. The van der Waals surface area contributed by atoms with Crippen molar-refractivity contribution in [3.05, 3.63) is 41.6 Å². The predicted molar refractivity (Wildman–Crippen MR) is 153 cm³/mol. The summed E-state index contributed by atoms with van der Waals surface area (Å²) < 4.78 is 69.3. The number of carbonyl (C=O) groups excluding carboxylic acids is 2. The second-order valence-electron chi connectivity index (χ2n) is 14.1. The lowest BCUT2D eigenvalue weighted by atomic mass is 9.36. The second kappa shape index (κ2) is 11.2. The quantitative estimate of drug-likeness (QED) is 0.269. The molecule has 5 saturated carbocycles. The van der Waals surface area contributed by atoms with Gasteiger partial charge in [-0.3, -0.25) is 14.3 Å². The molecule has 0 spiro atoms. The summed E-state index contributed by atoms with van der Waals surface area (Å²) in [4.78, 5) is 30.5. The van der Waals surface area contributed by atoms with Crippen LogP contribution < -0.4 is 10.6 Å². The highest BCUT2D eigenvalue weighted by molar-refractivity contribution is 5.92. The lowest BCUT2D eigenvalue weighted by Crippen LogP contribution is -2.62. The van der Waals surface area contributed by atoms with Crippen molar-refractivity contribution in [1.82, 2.24) is 40.2 Å². The van der Waals surface area contributed by atoms with E-state index in [2.05, 4.69) is 32.1 Å². The van der Waals surface area contributed by atoms with Crippen molar-refractivity contribution < 1.29 is 31.5 Å². The molecule has 5 aliphatic carbocycles. The minimum Gasteiger partial charge on any atom is -0.349 e. The van der Waals surface area contributed by atoms with Gasteiger partial charge < -0.3 is 10.6 Å². The van der Waals surface area contributed by atoms with Crippen molar-refractivity contribution in [2.75, 3.05) is 0 Å². The number of nitrogens with zero attached hydrogens (tertiary/aromatic N) is 7. The van der Waals surface area contributed by atoms with Gasteiger partial charge in [0.1, 0.15) is 0 Å². The van der Waals surface area contributed by atoms with Gasteiger partial charge in [-0.1, -0.05) is 5.21 Å². The Hall–Kier alpha value is -4.16. The van der Waals surface area contributed by atoms with Crippen molar-refractivity contribution >= 4 is 17.5 Å². The number of nitriles is 1. The highest BCUT2D eigenvalue weighted by Gasteiger charge is 2.68. The minimum atomic E-state index is -4.44. The summed E-state index contributed by atoms with van der Waals surface area (Å²) in [6, 6.07) is 2.81. The normalized spacial score (nSPS) is 26.5. The molecule has 2 atom stereocenters. The Morgan fingerprint density at radius 3 is 2.40 bits per heavy atom. The van der Waals surface area contributed by atoms with Crippen molar-refractivity contribution in [3.63, 3.8) is 0 Å². The maximum atomic E-state index is 14.1. The molecule has 250 valence electrons. The van der Waals surface area contributed by atoms with Crippen molar-refractivity contribution in [3.8, 4) is 6.07 Å². The number of aromatic nitrogens is 6. The highest BCUT2D eigenvalue weighted by Crippen LogP contribution is 2.73. The number of halogens is 5. The molecule has 8 rings (SSSR count). The topological polar surface area (TPSA) is 143 Å². The third-order valence-electron chi connectivity index (χ3n) is 10.2. The van der Waals surface area contributed by atoms with E-state index in [0.29, 0.717) is 23.4 Å². The number of imidazole rings is 1. The fourth-order valence-electron chi connectivity index (χ4n) is 7.79. The van der Waals surface area contributed by atoms with Gasteiger partial charge in [-0.05, 0) is 73.8 Å². The smallest absolute Gasteiger partial charge is 0.349 e. The van der Waals surface area contributed by atoms with Gasteiger partial charge in [-0.2, -0.15) is 23.5 Å². The molecule has 5 fully saturated rings. The molecule has 2 amide bonds. The van der Waals surface area contributed by atoms with Crippen LogP contribution in [0.4, 0.5) is 22.0 Å². The Labute approximate surface area is 266 Å². The summed E-state index contributed by atoms with van der Waals surface area (Å²) in [5.74, 6) is -4.28. The molecule has 2 N–H and O–H groups in total. The number of hydrogen-bond acceptors (Lipinski definition) is 7. The van der Waals surface area contributed by atoms with E-state index in [9.17, 15) is 36.8 Å². The van der Waals surface area contributed by atoms with Gasteiger partial charge in [-0.15, -0.1) is 5.10 Å². The molecule has 47 heavy (non-hydrogen) atoms. The van der Waals surface area contributed by atoms with E-state index in [1.54, 1.807) is 23.1 Å². The Kier molecular flexibility index (Phi) is 7.51. The molecule has 16 heteroatoms. The van der Waals surface area contributed by atoms with Crippen LogP contribution in [0.15, 0.2) is 24.7 Å². The number of carbonyl (C=O) groups is 2. The van der Waals surface area contributed by atoms with Crippen LogP contribution in [0.2, 0.25) is 0 Å². The molecule has 0 saturated heterocycles. The Bertz CT molecular complexity index is 1710. The summed E-state index contributed by atoms with van der Waals surface area (Å²) in [5, 5.41) is 27.6. The molecule has 3 aromatic rings. The first kappa shape index (κ1) is 31.4. The molecule has 0 unspecified atom stereocenters. The van der Waals surface area contributed by atoms with Gasteiger partial charge in [0.15, 0.2) is 11.3 Å². The van der Waals surface area contributed by atoms with Crippen LogP contribution in [0, 0.1) is 34.0 Å². The third kappa shape index (κ3) is 6.53. The Morgan fingerprint density at radius 1 is 1.04 bits per heavy atom. The van der Waals surface area contributed by atoms with Gasteiger partial charge in [0.25, 0.3) is 5.91 Å². The summed E-state index contributed by atoms with van der Waals surface area (Å²) in [7, 11) is 0. The molecule has 2 bridgehead atoms. The molecular weight excluding hydrogens is 625 g/mol. The van der Waals surface area contributed by atoms with Gasteiger partial charge in [-0.25, -0.2) is 18.3 Å². The monoisotopic (exact) mass is 659 g/mol. The van der Waals surface area contributed by atoms with E-state index in [1.807, 2.05) is 0 Å². The summed E-state index contributed by atoms with van der Waals surface area (Å²) in [5.41, 5.74) is 1.27. The van der Waals surface area contributed by atoms with Crippen LogP contribution >= 0.6 is 0 Å². The van der Waals surface area contributed by atoms with E-state index < -0.39 is 48.8 Å². The van der Waals surface area contributed by atoms with E-state index in [-0.39, 0.29) is 54.0 Å². The van der Waals surface area contributed by atoms with Gasteiger partial charge >= 0.3 is 6.18 Å². The van der Waals surface area contributed by atoms with Crippen molar-refractivity contribution in [2.24, 2.45) is 22.7 Å². The SMILES string of the molecule is N#CC12CC(Cn3cc(C(=O)N[C@H](c4cn5ncc([C@H](NC(=O)CCC(F)(F)F)C6CC6)cc5n4)C4CCC(F)(F)CC4)nn3)(C1)C2. The molecule has 3 heterocycles. The zero-order valence-electron chi connectivity index (χ0n) is 25.4. The number of amides is 2. The van der Waals surface area contributed by atoms with Crippen LogP contribution in [0.3, 0.4) is 0 Å². The minimum absolute atomic E-state index is 0.0137. The Balaban J connectivity index is 1.09. The standard InChI is InChI=1S/C31H34F5N9O2/c32-30(33)6-3-19(4-7-30)26(41-27(47)22-11-44(43-42-22)17-29-13-28(14-29,15-29)16-37)21-12-45-23(39-21)9-20(10-38-45)25(18-1-2-18)40-24(46)5-8-31(34,35)36/h9-12,18-19,25-26H,1-8,13-15,17H2,(H,40,46)(H,41,47)/t25-,26+,28?,29?/m1/s1. The first-order chi connectivity index (χ1) is 22.2. The predicted octanol–water partition coefficient (Wildman–Crippen LogP) is 5.22. The number of rotatable bonds is 11. The van der Waals surface area contributed by atoms with E-state index in [1.165, 1.54) is 10.7 Å². The third-order valence-corrected chi connectivity index (χ3v) is 10.2. The Morgan fingerprint density at radius 2 is 1.74 bits per heavy atom. The van der Waals surface area contributed by atoms with Gasteiger partial charge in [0.2, 0.25) is 11.8 Å². The number of alkyl halides is 5. The zero-order valence-corrected chi connectivity index (χ0v) is 25.4. The van der Waals surface area contributed by atoms with Crippen LogP contribution in [0.1, 0.15) is 104 Å². The van der Waals surface area contributed by atoms with Crippen molar-refractivity contribution in [2.45, 2.75) is 101 Å². The number of nitrogens with one attached hydrogen (secondary N) is 2. The highest BCUT2D eigenvalue weighted by atomic mass is 19.4. The average molecular weight is 660 g/mol. The van der Waals surface area contributed by atoms with Crippen molar-refractivity contribution in [1.29, 1.82) is 5.26 Å². The van der Waals surface area contributed by atoms with Crippen LogP contribution in [0.25, 0.3) is 5.65 Å². The number of fused-ring (bicyclic) bond motifs is 1. The summed E-state index contributed by atoms with van der Waals surface area (Å²) in [6.45, 7) is 0.558.